The predicted octanol–water partition coefficient (Wildman–Crippen LogP) is 8.75. The van der Waals surface area contributed by atoms with Gasteiger partial charge in [-0.2, -0.15) is 0 Å². The Balaban J connectivity index is 1.77. The predicted molar refractivity (Wildman–Crippen MR) is 144 cm³/mol. The van der Waals surface area contributed by atoms with Crippen molar-refractivity contribution in [1.29, 1.82) is 0 Å². The van der Waals surface area contributed by atoms with Crippen LogP contribution in [0.5, 0.6) is 0 Å². The average molecular weight is 445 g/mol. The molecule has 0 bridgehead atoms. The SMILES string of the molecule is CCCCCCCCCCCCCCCCCCNCCC(C)N(C)Cc1ccccc1. The molecule has 186 valence electrons. The van der Waals surface area contributed by atoms with Gasteiger partial charge < -0.3 is 5.32 Å². The minimum Gasteiger partial charge on any atom is -0.317 e. The molecule has 1 atom stereocenters. The molecule has 0 spiro atoms. The van der Waals surface area contributed by atoms with Crippen molar-refractivity contribution in [2.75, 3.05) is 20.1 Å². The first-order chi connectivity index (χ1) is 15.7. The number of nitrogens with zero attached hydrogens (tertiary/aromatic N) is 1. The topological polar surface area (TPSA) is 15.3 Å². The molecular weight excluding hydrogens is 388 g/mol. The molecule has 0 fully saturated rings. The van der Waals surface area contributed by atoms with E-state index >= 15 is 0 Å². The van der Waals surface area contributed by atoms with Crippen LogP contribution in [0.25, 0.3) is 0 Å². The lowest BCUT2D eigenvalue weighted by molar-refractivity contribution is 0.236. The fourth-order valence-corrected chi connectivity index (χ4v) is 4.48. The van der Waals surface area contributed by atoms with Crippen molar-refractivity contribution in [3.8, 4) is 0 Å². The van der Waals surface area contributed by atoms with Crippen LogP contribution in [0.4, 0.5) is 0 Å². The third-order valence-corrected chi connectivity index (χ3v) is 6.97. The van der Waals surface area contributed by atoms with Crippen molar-refractivity contribution >= 4 is 0 Å². The Morgan fingerprint density at radius 3 is 1.62 bits per heavy atom. The second-order valence-electron chi connectivity index (χ2n) is 10.1. The van der Waals surface area contributed by atoms with E-state index < -0.39 is 0 Å². The van der Waals surface area contributed by atoms with Crippen LogP contribution in [-0.2, 0) is 6.54 Å². The number of nitrogens with one attached hydrogen (secondary N) is 1. The molecule has 0 aromatic heterocycles. The zero-order valence-corrected chi connectivity index (χ0v) is 22.1. The molecule has 1 unspecified atom stereocenters. The summed E-state index contributed by atoms with van der Waals surface area (Å²) in [7, 11) is 2.24. The van der Waals surface area contributed by atoms with Crippen molar-refractivity contribution in [1.82, 2.24) is 10.2 Å². The third-order valence-electron chi connectivity index (χ3n) is 6.97. The summed E-state index contributed by atoms with van der Waals surface area (Å²) in [6.45, 7) is 8.01. The van der Waals surface area contributed by atoms with E-state index in [2.05, 4.69) is 61.4 Å². The second kappa shape index (κ2) is 22.0. The molecule has 1 aromatic rings. The molecule has 2 heteroatoms. The molecule has 0 aliphatic heterocycles. The minimum absolute atomic E-state index is 0.619. The van der Waals surface area contributed by atoms with E-state index in [0.717, 1.165) is 13.1 Å². The van der Waals surface area contributed by atoms with E-state index in [1.54, 1.807) is 0 Å². The Bertz CT molecular complexity index is 487. The van der Waals surface area contributed by atoms with E-state index in [1.807, 2.05) is 0 Å². The van der Waals surface area contributed by atoms with Crippen molar-refractivity contribution in [3.05, 3.63) is 35.9 Å². The number of rotatable bonds is 23. The highest BCUT2D eigenvalue weighted by molar-refractivity contribution is 5.14. The maximum atomic E-state index is 3.66. The van der Waals surface area contributed by atoms with Crippen LogP contribution in [0.3, 0.4) is 0 Å². The first kappa shape index (κ1) is 29.2. The van der Waals surface area contributed by atoms with Gasteiger partial charge in [0.15, 0.2) is 0 Å². The van der Waals surface area contributed by atoms with Gasteiger partial charge in [0.05, 0.1) is 0 Å². The Hall–Kier alpha value is -0.860. The second-order valence-corrected chi connectivity index (χ2v) is 10.1. The summed E-state index contributed by atoms with van der Waals surface area (Å²) in [6.07, 6.45) is 24.3. The molecule has 0 aliphatic carbocycles. The lowest BCUT2D eigenvalue weighted by Gasteiger charge is -2.25. The van der Waals surface area contributed by atoms with Gasteiger partial charge >= 0.3 is 0 Å². The summed E-state index contributed by atoms with van der Waals surface area (Å²) in [5, 5.41) is 3.66. The van der Waals surface area contributed by atoms with E-state index in [-0.39, 0.29) is 0 Å². The van der Waals surface area contributed by atoms with Crippen molar-refractivity contribution in [2.45, 2.75) is 136 Å². The number of benzene rings is 1. The molecule has 0 amide bonds. The van der Waals surface area contributed by atoms with Gasteiger partial charge in [0.25, 0.3) is 0 Å². The third kappa shape index (κ3) is 17.7. The number of hydrogen-bond donors (Lipinski definition) is 1. The first-order valence-electron chi connectivity index (χ1n) is 14.2. The molecule has 1 aromatic carbocycles. The fraction of sp³-hybridized carbons (Fsp3) is 0.800. The standard InChI is InChI=1S/C30H56N2/c1-4-5-6-7-8-9-10-11-12-13-14-15-16-17-18-22-26-31-27-25-29(2)32(3)28-30-23-20-19-21-24-30/h19-21,23-24,29,31H,4-18,22,25-28H2,1-3H3. The van der Waals surface area contributed by atoms with E-state index in [9.17, 15) is 0 Å². The van der Waals surface area contributed by atoms with Crippen LogP contribution in [-0.4, -0.2) is 31.1 Å². The molecule has 0 saturated carbocycles. The van der Waals surface area contributed by atoms with Gasteiger partial charge in [0.2, 0.25) is 0 Å². The highest BCUT2D eigenvalue weighted by atomic mass is 15.1. The smallest absolute Gasteiger partial charge is 0.0233 e. The van der Waals surface area contributed by atoms with Crippen LogP contribution >= 0.6 is 0 Å². The van der Waals surface area contributed by atoms with Crippen LogP contribution in [0.2, 0.25) is 0 Å². The monoisotopic (exact) mass is 444 g/mol. The molecule has 1 N–H and O–H groups in total. The van der Waals surface area contributed by atoms with Gasteiger partial charge in [-0.1, -0.05) is 134 Å². The Labute approximate surface area is 201 Å². The molecule has 0 heterocycles. The fourth-order valence-electron chi connectivity index (χ4n) is 4.48. The summed E-state index contributed by atoms with van der Waals surface area (Å²) in [5.74, 6) is 0. The van der Waals surface area contributed by atoms with Gasteiger partial charge in [-0.15, -0.1) is 0 Å². The molecule has 0 aliphatic rings. The molecule has 2 nitrogen and oxygen atoms in total. The zero-order valence-electron chi connectivity index (χ0n) is 22.1. The normalized spacial score (nSPS) is 12.5. The Morgan fingerprint density at radius 1 is 0.656 bits per heavy atom. The van der Waals surface area contributed by atoms with E-state index in [1.165, 1.54) is 121 Å². The maximum Gasteiger partial charge on any atom is 0.0233 e. The van der Waals surface area contributed by atoms with Gasteiger partial charge in [-0.3, -0.25) is 4.90 Å². The quantitative estimate of drug-likeness (QED) is 0.170. The molecule has 1 rings (SSSR count). The van der Waals surface area contributed by atoms with E-state index in [4.69, 9.17) is 0 Å². The van der Waals surface area contributed by atoms with Gasteiger partial charge in [0.1, 0.15) is 0 Å². The van der Waals surface area contributed by atoms with Crippen LogP contribution in [0, 0.1) is 0 Å². The first-order valence-corrected chi connectivity index (χ1v) is 14.2. The van der Waals surface area contributed by atoms with Crippen molar-refractivity contribution < 1.29 is 0 Å². The molecule has 0 radical (unpaired) electrons. The average Bonchev–Trinajstić information content (AvgIpc) is 2.81. The lowest BCUT2D eigenvalue weighted by Crippen LogP contribution is -2.32. The number of unbranched alkanes of at least 4 members (excludes halogenated alkanes) is 15. The van der Waals surface area contributed by atoms with Gasteiger partial charge in [-0.25, -0.2) is 0 Å². The zero-order chi connectivity index (χ0) is 23.1. The Kier molecular flexibility index (Phi) is 20.0. The highest BCUT2D eigenvalue weighted by Gasteiger charge is 2.08. The van der Waals surface area contributed by atoms with Crippen LogP contribution in [0.1, 0.15) is 129 Å². The van der Waals surface area contributed by atoms with Gasteiger partial charge in [-0.05, 0) is 45.5 Å². The Morgan fingerprint density at radius 2 is 1.12 bits per heavy atom. The summed E-state index contributed by atoms with van der Waals surface area (Å²) >= 11 is 0. The van der Waals surface area contributed by atoms with Crippen molar-refractivity contribution in [2.24, 2.45) is 0 Å². The van der Waals surface area contributed by atoms with E-state index in [0.29, 0.717) is 6.04 Å². The number of hydrogen-bond acceptors (Lipinski definition) is 2. The van der Waals surface area contributed by atoms with Crippen LogP contribution < -0.4 is 5.32 Å². The summed E-state index contributed by atoms with van der Waals surface area (Å²) < 4.78 is 0. The maximum absolute atomic E-state index is 3.66. The van der Waals surface area contributed by atoms with Crippen molar-refractivity contribution in [3.63, 3.8) is 0 Å². The van der Waals surface area contributed by atoms with Crippen LogP contribution in [0.15, 0.2) is 30.3 Å². The minimum atomic E-state index is 0.619. The summed E-state index contributed by atoms with van der Waals surface area (Å²) in [5.41, 5.74) is 1.41. The van der Waals surface area contributed by atoms with Gasteiger partial charge in [0, 0.05) is 12.6 Å². The molecular formula is C30H56N2. The lowest BCUT2D eigenvalue weighted by atomic mass is 10.0. The summed E-state index contributed by atoms with van der Waals surface area (Å²) in [4.78, 5) is 2.46. The summed E-state index contributed by atoms with van der Waals surface area (Å²) in [6, 6.07) is 11.4. The highest BCUT2D eigenvalue weighted by Crippen LogP contribution is 2.13. The largest absolute Gasteiger partial charge is 0.317 e. The molecule has 32 heavy (non-hydrogen) atoms. The molecule has 0 saturated heterocycles.